The zero-order valence-corrected chi connectivity index (χ0v) is 16.7. The first-order valence-corrected chi connectivity index (χ1v) is 11.3. The number of carbonyl (C=O) groups is 2. The third-order valence-corrected chi connectivity index (χ3v) is 7.68. The van der Waals surface area contributed by atoms with Crippen molar-refractivity contribution in [3.8, 4) is 0 Å². The highest BCUT2D eigenvalue weighted by molar-refractivity contribution is 7.86. The maximum absolute atomic E-state index is 12.9. The summed E-state index contributed by atoms with van der Waals surface area (Å²) in [6.07, 6.45) is 5.43. The first-order valence-electron chi connectivity index (χ1n) is 9.86. The number of hydrogen-bond acceptors (Lipinski definition) is 4. The van der Waals surface area contributed by atoms with Crippen LogP contribution < -0.4 is 0 Å². The van der Waals surface area contributed by atoms with Gasteiger partial charge in [-0.3, -0.25) is 9.59 Å². The van der Waals surface area contributed by atoms with Gasteiger partial charge in [-0.1, -0.05) is 12.5 Å². The van der Waals surface area contributed by atoms with Gasteiger partial charge in [-0.25, -0.2) is 0 Å². The number of carbonyl (C=O) groups excluding carboxylic acids is 2. The summed E-state index contributed by atoms with van der Waals surface area (Å²) in [7, 11) is -3.45. The van der Waals surface area contributed by atoms with Gasteiger partial charge in [-0.15, -0.1) is 6.58 Å². The van der Waals surface area contributed by atoms with E-state index in [0.29, 0.717) is 58.8 Å². The van der Waals surface area contributed by atoms with Crippen molar-refractivity contribution in [2.45, 2.75) is 32.1 Å². The third kappa shape index (κ3) is 4.52. The molecule has 0 aliphatic carbocycles. The molecule has 0 N–H and O–H groups in total. The van der Waals surface area contributed by atoms with Gasteiger partial charge in [-0.05, 0) is 19.3 Å². The molecule has 0 aromatic rings. The zero-order chi connectivity index (χ0) is 19.4. The van der Waals surface area contributed by atoms with Gasteiger partial charge in [-0.2, -0.15) is 17.0 Å². The fourth-order valence-electron chi connectivity index (χ4n) is 4.13. The number of rotatable bonds is 5. The first-order chi connectivity index (χ1) is 12.9. The molecule has 3 aliphatic heterocycles. The van der Waals surface area contributed by atoms with Gasteiger partial charge in [0.15, 0.2) is 0 Å². The van der Waals surface area contributed by atoms with E-state index in [1.807, 2.05) is 0 Å². The lowest BCUT2D eigenvalue weighted by atomic mass is 10.1. The minimum Gasteiger partial charge on any atom is -0.341 e. The summed E-state index contributed by atoms with van der Waals surface area (Å²) in [6, 6.07) is 0. The van der Waals surface area contributed by atoms with Crippen LogP contribution in [0.25, 0.3) is 0 Å². The normalized spacial score (nSPS) is 26.2. The highest BCUT2D eigenvalue weighted by Crippen LogP contribution is 2.22. The van der Waals surface area contributed by atoms with E-state index in [9.17, 15) is 18.0 Å². The molecule has 1 atom stereocenters. The van der Waals surface area contributed by atoms with Crippen molar-refractivity contribution < 1.29 is 18.0 Å². The average Bonchev–Trinajstić information content (AvgIpc) is 2.88. The van der Waals surface area contributed by atoms with E-state index in [4.69, 9.17) is 0 Å². The van der Waals surface area contributed by atoms with Crippen molar-refractivity contribution in [1.29, 1.82) is 0 Å². The van der Waals surface area contributed by atoms with Crippen LogP contribution in [-0.4, -0.2) is 91.0 Å². The van der Waals surface area contributed by atoms with Crippen LogP contribution in [0.1, 0.15) is 32.1 Å². The number of likely N-dealkylation sites (tertiary alicyclic amines) is 1. The van der Waals surface area contributed by atoms with E-state index in [0.717, 1.165) is 19.3 Å². The van der Waals surface area contributed by atoms with E-state index in [1.54, 1.807) is 20.2 Å². The van der Waals surface area contributed by atoms with Crippen LogP contribution in [0.2, 0.25) is 0 Å². The summed E-state index contributed by atoms with van der Waals surface area (Å²) in [6.45, 7) is 7.40. The largest absolute Gasteiger partial charge is 0.341 e. The molecule has 3 fully saturated rings. The fourth-order valence-corrected chi connectivity index (χ4v) is 5.85. The number of nitrogens with zero attached hydrogens (tertiary/aromatic N) is 4. The number of amides is 2. The molecule has 0 spiro atoms. The van der Waals surface area contributed by atoms with Crippen molar-refractivity contribution in [1.82, 2.24) is 18.4 Å². The summed E-state index contributed by atoms with van der Waals surface area (Å²) in [5.41, 5.74) is 0. The van der Waals surface area contributed by atoms with E-state index >= 15 is 0 Å². The molecule has 0 aromatic carbocycles. The van der Waals surface area contributed by atoms with E-state index in [1.165, 1.54) is 4.31 Å². The SMILES string of the molecule is C=CCN1CC(C(=O)N2CCCN(S(=O)(=O)N3CCCCC3)CC2)CC1=O. The molecule has 9 heteroatoms. The zero-order valence-electron chi connectivity index (χ0n) is 15.9. The monoisotopic (exact) mass is 398 g/mol. The molecule has 0 saturated carbocycles. The molecule has 0 bridgehead atoms. The summed E-state index contributed by atoms with van der Waals surface area (Å²) < 4.78 is 28.8. The van der Waals surface area contributed by atoms with Crippen molar-refractivity contribution in [3.63, 3.8) is 0 Å². The summed E-state index contributed by atoms with van der Waals surface area (Å²) >= 11 is 0. The number of piperidine rings is 1. The van der Waals surface area contributed by atoms with Crippen LogP contribution in [0.15, 0.2) is 12.7 Å². The van der Waals surface area contributed by atoms with Crippen molar-refractivity contribution in [2.75, 3.05) is 52.4 Å². The third-order valence-electron chi connectivity index (χ3n) is 5.65. The van der Waals surface area contributed by atoms with Crippen LogP contribution in [0, 0.1) is 5.92 Å². The molecule has 8 nitrogen and oxygen atoms in total. The second-order valence-corrected chi connectivity index (χ2v) is 9.46. The Balaban J connectivity index is 1.59. The lowest BCUT2D eigenvalue weighted by molar-refractivity contribution is -0.135. The van der Waals surface area contributed by atoms with E-state index in [-0.39, 0.29) is 24.2 Å². The molecule has 3 saturated heterocycles. The highest BCUT2D eigenvalue weighted by atomic mass is 32.2. The minimum absolute atomic E-state index is 0.0163. The Hall–Kier alpha value is -1.45. The molecule has 3 aliphatic rings. The van der Waals surface area contributed by atoms with E-state index in [2.05, 4.69) is 6.58 Å². The Kier molecular flexibility index (Phi) is 6.54. The molecule has 3 heterocycles. The topological polar surface area (TPSA) is 81.2 Å². The van der Waals surface area contributed by atoms with Gasteiger partial charge in [0.2, 0.25) is 11.8 Å². The highest BCUT2D eigenvalue weighted by Gasteiger charge is 2.38. The smallest absolute Gasteiger partial charge is 0.282 e. The Morgan fingerprint density at radius 1 is 1.00 bits per heavy atom. The van der Waals surface area contributed by atoms with Gasteiger partial charge in [0.05, 0.1) is 5.92 Å². The predicted octanol–water partition coefficient (Wildman–Crippen LogP) is 0.286. The second-order valence-electron chi connectivity index (χ2n) is 7.53. The average molecular weight is 399 g/mol. The molecule has 27 heavy (non-hydrogen) atoms. The van der Waals surface area contributed by atoms with Crippen LogP contribution in [0.4, 0.5) is 0 Å². The van der Waals surface area contributed by atoms with Crippen LogP contribution in [-0.2, 0) is 19.8 Å². The molecule has 152 valence electrons. The molecule has 0 aromatic heterocycles. The second kappa shape index (κ2) is 8.70. The maximum Gasteiger partial charge on any atom is 0.282 e. The van der Waals surface area contributed by atoms with Gasteiger partial charge in [0.25, 0.3) is 10.2 Å². The fraction of sp³-hybridized carbons (Fsp3) is 0.778. The Morgan fingerprint density at radius 3 is 2.37 bits per heavy atom. The van der Waals surface area contributed by atoms with Gasteiger partial charge >= 0.3 is 0 Å². The van der Waals surface area contributed by atoms with E-state index < -0.39 is 10.2 Å². The van der Waals surface area contributed by atoms with Crippen molar-refractivity contribution in [2.24, 2.45) is 5.92 Å². The van der Waals surface area contributed by atoms with Crippen LogP contribution in [0.5, 0.6) is 0 Å². The molecule has 1 unspecified atom stereocenters. The quantitative estimate of drug-likeness (QED) is 0.623. The Morgan fingerprint density at radius 2 is 1.67 bits per heavy atom. The minimum atomic E-state index is -3.45. The van der Waals surface area contributed by atoms with Gasteiger partial charge in [0, 0.05) is 58.8 Å². The summed E-state index contributed by atoms with van der Waals surface area (Å²) in [4.78, 5) is 28.2. The van der Waals surface area contributed by atoms with Crippen LogP contribution in [0.3, 0.4) is 0 Å². The standard InChI is InChI=1S/C18H30N4O4S/c1-2-7-20-15-16(14-17(20)23)18(24)19-8-6-11-22(13-12-19)27(25,26)21-9-4-3-5-10-21/h2,16H,1,3-15H2. The molecular weight excluding hydrogens is 368 g/mol. The Labute approximate surface area is 161 Å². The molecule has 0 radical (unpaired) electrons. The van der Waals surface area contributed by atoms with Crippen molar-refractivity contribution in [3.05, 3.63) is 12.7 Å². The van der Waals surface area contributed by atoms with Crippen LogP contribution >= 0.6 is 0 Å². The molecular formula is C18H30N4O4S. The number of hydrogen-bond donors (Lipinski definition) is 0. The first kappa shape index (κ1) is 20.3. The molecule has 3 rings (SSSR count). The predicted molar refractivity (Wildman–Crippen MR) is 102 cm³/mol. The van der Waals surface area contributed by atoms with Gasteiger partial charge in [0.1, 0.15) is 0 Å². The maximum atomic E-state index is 12.9. The summed E-state index contributed by atoms with van der Waals surface area (Å²) in [5.74, 6) is -0.382. The molecule has 2 amide bonds. The van der Waals surface area contributed by atoms with Crippen molar-refractivity contribution >= 4 is 22.0 Å². The van der Waals surface area contributed by atoms with Gasteiger partial charge < -0.3 is 9.80 Å². The Bertz CT molecular complexity index is 675. The summed E-state index contributed by atoms with van der Waals surface area (Å²) in [5, 5.41) is 0. The lowest BCUT2D eigenvalue weighted by Crippen LogP contribution is -2.47. The lowest BCUT2D eigenvalue weighted by Gasteiger charge is -2.31.